The van der Waals surface area contributed by atoms with Gasteiger partial charge in [-0.2, -0.15) is 11.8 Å². The zero-order chi connectivity index (χ0) is 15.1. The van der Waals surface area contributed by atoms with Crippen LogP contribution in [0, 0.1) is 0 Å². The first-order chi connectivity index (χ1) is 10.2. The molecule has 1 atom stereocenters. The molecule has 124 valence electrons. The van der Waals surface area contributed by atoms with E-state index in [2.05, 4.69) is 44.3 Å². The van der Waals surface area contributed by atoms with Gasteiger partial charge in [0.05, 0.1) is 0 Å². The smallest absolute Gasteiger partial charge is 0.193 e. The van der Waals surface area contributed by atoms with E-state index in [-0.39, 0.29) is 24.0 Å². The third-order valence-electron chi connectivity index (χ3n) is 3.71. The quantitative estimate of drug-likeness (QED) is 0.446. The lowest BCUT2D eigenvalue weighted by Gasteiger charge is -2.37. The Morgan fingerprint density at radius 2 is 2.09 bits per heavy atom. The summed E-state index contributed by atoms with van der Waals surface area (Å²) in [5.41, 5.74) is 0. The molecule has 7 heteroatoms. The highest BCUT2D eigenvalue weighted by Gasteiger charge is 2.20. The van der Waals surface area contributed by atoms with Crippen LogP contribution in [0.5, 0.6) is 0 Å². The second kappa shape index (κ2) is 10.1. The number of piperazine rings is 1. The molecule has 0 aromatic carbocycles. The Morgan fingerprint density at radius 1 is 1.36 bits per heavy atom. The molecule has 0 saturated carbocycles. The molecule has 1 unspecified atom stereocenters. The van der Waals surface area contributed by atoms with E-state index in [9.17, 15) is 0 Å². The summed E-state index contributed by atoms with van der Waals surface area (Å²) >= 11 is 1.87. The van der Waals surface area contributed by atoms with Crippen molar-refractivity contribution in [2.45, 2.75) is 12.2 Å². The summed E-state index contributed by atoms with van der Waals surface area (Å²) < 4.78 is 0. The van der Waals surface area contributed by atoms with E-state index in [0.717, 1.165) is 44.5 Å². The number of aliphatic imine (C=N–C) groups is 1. The van der Waals surface area contributed by atoms with Crippen LogP contribution in [0.2, 0.25) is 0 Å². The molecule has 1 aliphatic heterocycles. The standard InChI is InChI=1S/C15H25N5S.HI/c1-13(21-3)12-18-15(16-2)20-10-8-19(9-11-20)14-6-4-5-7-17-14;/h4-7,13H,8-12H2,1-3H3,(H,16,18);1H. The van der Waals surface area contributed by atoms with Gasteiger partial charge in [0.2, 0.25) is 0 Å². The van der Waals surface area contributed by atoms with Crippen LogP contribution in [0.1, 0.15) is 6.92 Å². The molecule has 1 aromatic heterocycles. The van der Waals surface area contributed by atoms with Gasteiger partial charge in [0, 0.05) is 51.2 Å². The van der Waals surface area contributed by atoms with Gasteiger partial charge in [-0.15, -0.1) is 24.0 Å². The van der Waals surface area contributed by atoms with E-state index < -0.39 is 0 Å². The number of nitrogens with one attached hydrogen (secondary N) is 1. The van der Waals surface area contributed by atoms with Crippen LogP contribution in [-0.4, -0.2) is 67.1 Å². The summed E-state index contributed by atoms with van der Waals surface area (Å²) in [5, 5.41) is 4.06. The maximum atomic E-state index is 4.42. The lowest BCUT2D eigenvalue weighted by Crippen LogP contribution is -2.53. The first-order valence-corrected chi connectivity index (χ1v) is 8.67. The molecule has 0 radical (unpaired) electrons. The summed E-state index contributed by atoms with van der Waals surface area (Å²) in [4.78, 5) is 13.5. The van der Waals surface area contributed by atoms with Crippen molar-refractivity contribution in [3.8, 4) is 0 Å². The SMILES string of the molecule is CN=C(NCC(C)SC)N1CCN(c2ccccn2)CC1.I. The minimum atomic E-state index is 0. The van der Waals surface area contributed by atoms with Gasteiger partial charge in [0.25, 0.3) is 0 Å². The number of guanidine groups is 1. The second-order valence-electron chi connectivity index (χ2n) is 5.14. The number of rotatable bonds is 4. The van der Waals surface area contributed by atoms with Crippen LogP contribution in [0.4, 0.5) is 5.82 Å². The molecule has 1 saturated heterocycles. The molecule has 1 aromatic rings. The molecule has 22 heavy (non-hydrogen) atoms. The summed E-state index contributed by atoms with van der Waals surface area (Å²) in [5.74, 6) is 2.08. The second-order valence-corrected chi connectivity index (χ2v) is 6.41. The minimum Gasteiger partial charge on any atom is -0.355 e. The molecule has 0 aliphatic carbocycles. The first-order valence-electron chi connectivity index (χ1n) is 7.39. The van der Waals surface area contributed by atoms with E-state index >= 15 is 0 Å². The van der Waals surface area contributed by atoms with Gasteiger partial charge in [0.15, 0.2) is 5.96 Å². The Balaban J connectivity index is 0.00000242. The Bertz CT molecular complexity index is 449. The van der Waals surface area contributed by atoms with Gasteiger partial charge in [-0.3, -0.25) is 4.99 Å². The Hall–Kier alpha value is -0.700. The van der Waals surface area contributed by atoms with Gasteiger partial charge in [-0.05, 0) is 18.4 Å². The number of anilines is 1. The van der Waals surface area contributed by atoms with Crippen molar-refractivity contribution in [1.29, 1.82) is 0 Å². The van der Waals surface area contributed by atoms with Crippen LogP contribution in [0.3, 0.4) is 0 Å². The summed E-state index contributed by atoms with van der Waals surface area (Å²) in [7, 11) is 1.86. The van der Waals surface area contributed by atoms with Gasteiger partial charge in [-0.1, -0.05) is 13.0 Å². The predicted molar refractivity (Wildman–Crippen MR) is 108 cm³/mol. The van der Waals surface area contributed by atoms with Crippen LogP contribution in [0.15, 0.2) is 29.4 Å². The van der Waals surface area contributed by atoms with Gasteiger partial charge >= 0.3 is 0 Å². The van der Waals surface area contributed by atoms with Gasteiger partial charge in [0.1, 0.15) is 5.82 Å². The van der Waals surface area contributed by atoms with Crippen molar-refractivity contribution in [3.05, 3.63) is 24.4 Å². The topological polar surface area (TPSA) is 43.8 Å². The predicted octanol–water partition coefficient (Wildman–Crippen LogP) is 2.15. The lowest BCUT2D eigenvalue weighted by atomic mass is 10.3. The third-order valence-corrected chi connectivity index (χ3v) is 4.69. The van der Waals surface area contributed by atoms with E-state index in [4.69, 9.17) is 0 Å². The van der Waals surface area contributed by atoms with Crippen LogP contribution < -0.4 is 10.2 Å². The molecule has 5 nitrogen and oxygen atoms in total. The monoisotopic (exact) mass is 435 g/mol. The van der Waals surface area contributed by atoms with Crippen molar-refractivity contribution in [3.63, 3.8) is 0 Å². The average Bonchev–Trinajstić information content (AvgIpc) is 2.56. The highest BCUT2D eigenvalue weighted by Crippen LogP contribution is 2.12. The zero-order valence-electron chi connectivity index (χ0n) is 13.5. The molecule has 0 bridgehead atoms. The molecule has 2 heterocycles. The molecule has 1 aliphatic rings. The van der Waals surface area contributed by atoms with E-state index in [1.54, 1.807) is 0 Å². The van der Waals surface area contributed by atoms with Crippen molar-refractivity contribution >= 4 is 47.5 Å². The minimum absolute atomic E-state index is 0. The average molecular weight is 435 g/mol. The molecular formula is C15H26IN5S. The van der Waals surface area contributed by atoms with E-state index in [0.29, 0.717) is 5.25 Å². The van der Waals surface area contributed by atoms with Gasteiger partial charge in [-0.25, -0.2) is 4.98 Å². The number of aromatic nitrogens is 1. The largest absolute Gasteiger partial charge is 0.355 e. The fourth-order valence-electron chi connectivity index (χ4n) is 2.34. The highest BCUT2D eigenvalue weighted by atomic mass is 127. The molecule has 1 N–H and O–H groups in total. The van der Waals surface area contributed by atoms with Crippen molar-refractivity contribution in [2.24, 2.45) is 4.99 Å². The Kier molecular flexibility index (Phi) is 8.92. The van der Waals surface area contributed by atoms with Crippen molar-refractivity contribution < 1.29 is 0 Å². The van der Waals surface area contributed by atoms with E-state index in [1.165, 1.54) is 0 Å². The lowest BCUT2D eigenvalue weighted by molar-refractivity contribution is 0.372. The molecular weight excluding hydrogens is 409 g/mol. The normalized spacial score (nSPS) is 17.0. The number of halogens is 1. The van der Waals surface area contributed by atoms with Gasteiger partial charge < -0.3 is 15.1 Å². The number of nitrogens with zero attached hydrogens (tertiary/aromatic N) is 4. The molecule has 2 rings (SSSR count). The molecule has 1 fully saturated rings. The Labute approximate surface area is 155 Å². The van der Waals surface area contributed by atoms with Crippen molar-refractivity contribution in [1.82, 2.24) is 15.2 Å². The summed E-state index contributed by atoms with van der Waals surface area (Å²) in [6.45, 7) is 7.09. The van der Waals surface area contributed by atoms with Crippen LogP contribution in [-0.2, 0) is 0 Å². The third kappa shape index (κ3) is 5.49. The number of hydrogen-bond donors (Lipinski definition) is 1. The Morgan fingerprint density at radius 3 is 2.64 bits per heavy atom. The van der Waals surface area contributed by atoms with Crippen molar-refractivity contribution in [2.75, 3.05) is 50.9 Å². The van der Waals surface area contributed by atoms with Crippen LogP contribution >= 0.6 is 35.7 Å². The number of pyridine rings is 1. The zero-order valence-corrected chi connectivity index (χ0v) is 16.7. The number of thioether (sulfide) groups is 1. The fourth-order valence-corrected chi connectivity index (χ4v) is 2.59. The molecule has 0 amide bonds. The van der Waals surface area contributed by atoms with E-state index in [1.807, 2.05) is 37.1 Å². The number of hydrogen-bond acceptors (Lipinski definition) is 4. The molecule has 0 spiro atoms. The maximum absolute atomic E-state index is 4.42. The summed E-state index contributed by atoms with van der Waals surface area (Å²) in [6.07, 6.45) is 3.99. The summed E-state index contributed by atoms with van der Waals surface area (Å²) in [6, 6.07) is 6.07. The first kappa shape index (κ1) is 19.3. The fraction of sp³-hybridized carbons (Fsp3) is 0.600. The maximum Gasteiger partial charge on any atom is 0.193 e. The van der Waals surface area contributed by atoms with Crippen LogP contribution in [0.25, 0.3) is 0 Å². The highest BCUT2D eigenvalue weighted by molar-refractivity contribution is 14.0.